The number of amides is 3. The van der Waals surface area contributed by atoms with E-state index in [-0.39, 0.29) is 42.5 Å². The van der Waals surface area contributed by atoms with E-state index in [1.165, 1.54) is 16.0 Å². The van der Waals surface area contributed by atoms with Crippen molar-refractivity contribution in [1.82, 2.24) is 9.80 Å². The maximum atomic E-state index is 12.6. The molecule has 0 aromatic heterocycles. The summed E-state index contributed by atoms with van der Waals surface area (Å²) in [7, 11) is 0. The maximum absolute atomic E-state index is 12.6. The zero-order chi connectivity index (χ0) is 18.8. The minimum Gasteiger partial charge on any atom is -0.339 e. The molecule has 5 heteroatoms. The minimum atomic E-state index is -0.219. The van der Waals surface area contributed by atoms with Crippen molar-refractivity contribution in [2.24, 2.45) is 11.8 Å². The average Bonchev–Trinajstić information content (AvgIpc) is 2.97. The van der Waals surface area contributed by atoms with Gasteiger partial charge in [0.05, 0.1) is 11.8 Å². The van der Waals surface area contributed by atoms with Crippen LogP contribution < -0.4 is 0 Å². The lowest BCUT2D eigenvalue weighted by molar-refractivity contribution is -0.140. The summed E-state index contributed by atoms with van der Waals surface area (Å²) in [6.45, 7) is 1.46. The van der Waals surface area contributed by atoms with Crippen LogP contribution in [-0.2, 0) is 14.4 Å². The molecular weight excluding hydrogens is 340 g/mol. The largest absolute Gasteiger partial charge is 0.339 e. The Hall–Kier alpha value is -2.69. The number of carbonyl (C=O) groups excluding carboxylic acids is 3. The number of nitrogens with zero attached hydrogens (tertiary/aromatic N) is 2. The molecule has 0 saturated carbocycles. The van der Waals surface area contributed by atoms with E-state index < -0.39 is 0 Å². The first-order chi connectivity index (χ1) is 13.1. The average molecular weight is 364 g/mol. The zero-order valence-electron chi connectivity index (χ0n) is 15.3. The van der Waals surface area contributed by atoms with Crippen molar-refractivity contribution in [3.63, 3.8) is 0 Å². The monoisotopic (exact) mass is 364 g/mol. The molecule has 3 amide bonds. The van der Waals surface area contributed by atoms with Crippen LogP contribution in [0.2, 0.25) is 0 Å². The molecule has 0 N–H and O–H groups in total. The highest BCUT2D eigenvalue weighted by Gasteiger charge is 2.47. The van der Waals surface area contributed by atoms with Gasteiger partial charge in [-0.3, -0.25) is 19.3 Å². The van der Waals surface area contributed by atoms with E-state index in [0.29, 0.717) is 25.9 Å². The van der Waals surface area contributed by atoms with Crippen molar-refractivity contribution >= 4 is 23.3 Å². The third-order valence-electron chi connectivity index (χ3n) is 5.85. The van der Waals surface area contributed by atoms with Crippen LogP contribution in [0.15, 0.2) is 48.6 Å². The number of benzene rings is 1. The lowest BCUT2D eigenvalue weighted by atomic mass is 9.85. The van der Waals surface area contributed by atoms with E-state index in [4.69, 9.17) is 0 Å². The van der Waals surface area contributed by atoms with Crippen LogP contribution in [-0.4, -0.2) is 47.2 Å². The normalized spacial score (nSPS) is 24.8. The van der Waals surface area contributed by atoms with E-state index in [1.807, 2.05) is 35.3 Å². The van der Waals surface area contributed by atoms with Gasteiger partial charge in [0.1, 0.15) is 0 Å². The number of hydrogen-bond donors (Lipinski definition) is 0. The first-order valence-electron chi connectivity index (χ1n) is 9.67. The molecule has 5 nitrogen and oxygen atoms in total. The number of imide groups is 1. The van der Waals surface area contributed by atoms with Crippen LogP contribution in [0.4, 0.5) is 0 Å². The van der Waals surface area contributed by atoms with Gasteiger partial charge in [0, 0.05) is 26.1 Å². The molecule has 27 heavy (non-hydrogen) atoms. The predicted octanol–water partition coefficient (Wildman–Crippen LogP) is 2.64. The highest BCUT2D eigenvalue weighted by molar-refractivity contribution is 6.05. The van der Waals surface area contributed by atoms with E-state index in [9.17, 15) is 14.4 Å². The second-order valence-corrected chi connectivity index (χ2v) is 7.42. The number of allylic oxidation sites excluding steroid dienone is 2. The van der Waals surface area contributed by atoms with Gasteiger partial charge in [-0.15, -0.1) is 0 Å². The molecule has 2 aliphatic heterocycles. The summed E-state index contributed by atoms with van der Waals surface area (Å²) in [6.07, 6.45) is 8.36. The molecule has 0 unspecified atom stereocenters. The standard InChI is InChI=1S/C22H24N2O3/c25-20(23-13-10-17(11-14-23)16-6-2-1-3-7-16)12-15-24-21(26)18-8-4-5-9-19(18)22(24)27/h1-7,10,18-19H,8-9,11-15H2/t18-,19-/m1/s1. The summed E-state index contributed by atoms with van der Waals surface area (Å²) >= 11 is 0. The number of carbonyl (C=O) groups is 3. The maximum Gasteiger partial charge on any atom is 0.233 e. The molecule has 0 spiro atoms. The number of rotatable bonds is 4. The van der Waals surface area contributed by atoms with Gasteiger partial charge in [0.2, 0.25) is 17.7 Å². The van der Waals surface area contributed by atoms with Gasteiger partial charge in [-0.1, -0.05) is 48.6 Å². The van der Waals surface area contributed by atoms with E-state index >= 15 is 0 Å². The fourth-order valence-corrected chi connectivity index (χ4v) is 4.27. The van der Waals surface area contributed by atoms with Gasteiger partial charge >= 0.3 is 0 Å². The number of likely N-dealkylation sites (tertiary alicyclic amines) is 1. The van der Waals surface area contributed by atoms with Crippen LogP contribution in [0.1, 0.15) is 31.2 Å². The van der Waals surface area contributed by atoms with Gasteiger partial charge in [-0.2, -0.15) is 0 Å². The van der Waals surface area contributed by atoms with Crippen molar-refractivity contribution in [2.75, 3.05) is 19.6 Å². The molecule has 140 valence electrons. The second kappa shape index (κ2) is 7.51. The van der Waals surface area contributed by atoms with Gasteiger partial charge < -0.3 is 4.90 Å². The molecule has 1 saturated heterocycles. The minimum absolute atomic E-state index is 0.00644. The fraction of sp³-hybridized carbons (Fsp3) is 0.409. The van der Waals surface area contributed by atoms with Crippen molar-refractivity contribution in [2.45, 2.75) is 25.7 Å². The SMILES string of the molecule is O=C(CCN1C(=O)[C@@H]2CC=CC[C@H]2C1=O)N1CC=C(c2ccccc2)CC1. The Morgan fingerprint density at radius 3 is 2.26 bits per heavy atom. The molecular formula is C22H24N2O3. The van der Waals surface area contributed by atoms with Crippen LogP contribution in [0.25, 0.3) is 5.57 Å². The first kappa shape index (κ1) is 17.7. The molecule has 1 fully saturated rings. The first-order valence-corrected chi connectivity index (χ1v) is 9.67. The molecule has 0 radical (unpaired) electrons. The number of hydrogen-bond acceptors (Lipinski definition) is 3. The summed E-state index contributed by atoms with van der Waals surface area (Å²) < 4.78 is 0. The lowest BCUT2D eigenvalue weighted by Gasteiger charge is -2.27. The second-order valence-electron chi connectivity index (χ2n) is 7.42. The van der Waals surface area contributed by atoms with Crippen molar-refractivity contribution in [1.29, 1.82) is 0 Å². The number of fused-ring (bicyclic) bond motifs is 1. The fourth-order valence-electron chi connectivity index (χ4n) is 4.27. The Morgan fingerprint density at radius 1 is 1.00 bits per heavy atom. The highest BCUT2D eigenvalue weighted by Crippen LogP contribution is 2.35. The molecule has 2 atom stereocenters. The molecule has 1 aliphatic carbocycles. The van der Waals surface area contributed by atoms with E-state index in [1.54, 1.807) is 0 Å². The highest BCUT2D eigenvalue weighted by atomic mass is 16.2. The van der Waals surface area contributed by atoms with Gasteiger partial charge in [-0.05, 0) is 30.4 Å². The summed E-state index contributed by atoms with van der Waals surface area (Å²) in [4.78, 5) is 40.6. The summed E-state index contributed by atoms with van der Waals surface area (Å²) in [5, 5.41) is 0. The van der Waals surface area contributed by atoms with Crippen LogP contribution in [0, 0.1) is 11.8 Å². The molecule has 1 aromatic rings. The zero-order valence-corrected chi connectivity index (χ0v) is 15.3. The third kappa shape index (κ3) is 3.46. The summed E-state index contributed by atoms with van der Waals surface area (Å²) in [5.41, 5.74) is 2.47. The van der Waals surface area contributed by atoms with Crippen molar-refractivity contribution < 1.29 is 14.4 Å². The molecule has 0 bridgehead atoms. The Bertz CT molecular complexity index is 786. The van der Waals surface area contributed by atoms with Crippen LogP contribution >= 0.6 is 0 Å². The quantitative estimate of drug-likeness (QED) is 0.610. The topological polar surface area (TPSA) is 57.7 Å². The molecule has 3 aliphatic rings. The van der Waals surface area contributed by atoms with Gasteiger partial charge in [0.25, 0.3) is 0 Å². The molecule has 4 rings (SSSR count). The van der Waals surface area contributed by atoms with E-state index in [0.717, 1.165) is 6.42 Å². The van der Waals surface area contributed by atoms with Crippen LogP contribution in [0.5, 0.6) is 0 Å². The molecule has 1 aromatic carbocycles. The Morgan fingerprint density at radius 2 is 1.67 bits per heavy atom. The van der Waals surface area contributed by atoms with Crippen molar-refractivity contribution in [3.05, 3.63) is 54.1 Å². The predicted molar refractivity (Wildman–Crippen MR) is 102 cm³/mol. The van der Waals surface area contributed by atoms with Crippen LogP contribution in [0.3, 0.4) is 0 Å². The van der Waals surface area contributed by atoms with Gasteiger partial charge in [0.15, 0.2) is 0 Å². The van der Waals surface area contributed by atoms with E-state index in [2.05, 4.69) is 18.2 Å². The Balaban J connectivity index is 1.32. The lowest BCUT2D eigenvalue weighted by Crippen LogP contribution is -2.39. The smallest absolute Gasteiger partial charge is 0.233 e. The summed E-state index contributed by atoms with van der Waals surface area (Å²) in [5.74, 6) is -0.640. The Labute approximate surface area is 159 Å². The molecule has 2 heterocycles. The summed E-state index contributed by atoms with van der Waals surface area (Å²) in [6, 6.07) is 10.2. The third-order valence-corrected chi connectivity index (χ3v) is 5.85. The Kier molecular flexibility index (Phi) is 4.92. The van der Waals surface area contributed by atoms with Crippen molar-refractivity contribution in [3.8, 4) is 0 Å². The van der Waals surface area contributed by atoms with Gasteiger partial charge in [-0.25, -0.2) is 0 Å².